The zero-order chi connectivity index (χ0) is 29.7. The van der Waals surface area contributed by atoms with E-state index in [0.717, 1.165) is 16.9 Å². The predicted molar refractivity (Wildman–Crippen MR) is 187 cm³/mol. The Morgan fingerprint density at radius 1 is 0.614 bits per heavy atom. The van der Waals surface area contributed by atoms with Gasteiger partial charge >= 0.3 is 0 Å². The maximum atomic E-state index is 10.3. The Morgan fingerprint density at radius 3 is 2.09 bits per heavy atom. The van der Waals surface area contributed by atoms with Gasteiger partial charge in [-0.2, -0.15) is 5.26 Å². The number of hydrogen-bond donors (Lipinski definition) is 0. The Balaban J connectivity index is 1.45. The van der Waals surface area contributed by atoms with Gasteiger partial charge in [0, 0.05) is 17.1 Å². The molecule has 2 nitrogen and oxygen atoms in total. The van der Waals surface area contributed by atoms with Crippen LogP contribution in [0.1, 0.15) is 31.9 Å². The first-order valence-corrected chi connectivity index (χ1v) is 15.4. The monoisotopic (exact) mass is 560 g/mol. The lowest BCUT2D eigenvalue weighted by Crippen LogP contribution is -2.59. The van der Waals surface area contributed by atoms with Crippen LogP contribution >= 0.6 is 0 Å². The molecule has 206 valence electrons. The maximum Gasteiger partial charge on any atom is 0.248 e. The number of fused-ring (bicyclic) bond motifs is 6. The van der Waals surface area contributed by atoms with Crippen LogP contribution in [0.4, 0.5) is 17.1 Å². The Bertz CT molecular complexity index is 2410. The molecule has 0 aliphatic carbocycles. The second-order valence-electron chi connectivity index (χ2n) is 13.3. The van der Waals surface area contributed by atoms with Gasteiger partial charge in [-0.3, -0.25) is 0 Å². The number of hydrogen-bond acceptors (Lipinski definition) is 2. The van der Waals surface area contributed by atoms with Crippen LogP contribution in [-0.2, 0) is 5.41 Å². The molecule has 0 amide bonds. The van der Waals surface area contributed by atoms with E-state index in [1.54, 1.807) is 0 Å². The topological polar surface area (TPSA) is 27.0 Å². The first-order chi connectivity index (χ1) is 21.4. The maximum absolute atomic E-state index is 10.3. The Labute approximate surface area is 257 Å². The highest BCUT2D eigenvalue weighted by Gasteiger charge is 2.42. The summed E-state index contributed by atoms with van der Waals surface area (Å²) >= 11 is 0. The minimum absolute atomic E-state index is 0.00461. The molecule has 0 N–H and O–H groups in total. The molecule has 2 aliphatic heterocycles. The Hall–Kier alpha value is -5.33. The van der Waals surface area contributed by atoms with Crippen molar-refractivity contribution in [3.8, 4) is 17.2 Å². The molecule has 7 aromatic rings. The third kappa shape index (κ3) is 3.43. The van der Waals surface area contributed by atoms with Crippen molar-refractivity contribution >= 4 is 72.5 Å². The first-order valence-electron chi connectivity index (χ1n) is 15.4. The standard InChI is InChI=1S/C41H29BN2/c1-41(2,3)34-17-18-35-39-31(13-8-14-32(34)39)33-19-25(24-43)20-38-40(33)42(35)36-22-28-11-6-7-12-29(28)23-37(36)44(38)30-16-15-26-9-4-5-10-27(26)21-30/h4-23H,1-3H3. The molecular formula is C41H29BN2. The molecule has 0 spiro atoms. The second-order valence-corrected chi connectivity index (χ2v) is 13.3. The molecule has 0 bridgehead atoms. The lowest BCUT2D eigenvalue weighted by atomic mass is 9.32. The van der Waals surface area contributed by atoms with Crippen LogP contribution in [0.2, 0.25) is 0 Å². The third-order valence-corrected chi connectivity index (χ3v) is 9.74. The summed E-state index contributed by atoms with van der Waals surface area (Å²) < 4.78 is 0. The zero-order valence-electron chi connectivity index (χ0n) is 25.0. The second kappa shape index (κ2) is 8.85. The van der Waals surface area contributed by atoms with E-state index in [9.17, 15) is 5.26 Å². The Kier molecular flexibility index (Phi) is 5.07. The summed E-state index contributed by atoms with van der Waals surface area (Å²) in [4.78, 5) is 2.40. The number of nitriles is 1. The van der Waals surface area contributed by atoms with E-state index >= 15 is 0 Å². The molecule has 0 aromatic heterocycles. The molecule has 7 aromatic carbocycles. The van der Waals surface area contributed by atoms with Crippen LogP contribution in [0.5, 0.6) is 0 Å². The largest absolute Gasteiger partial charge is 0.311 e. The van der Waals surface area contributed by atoms with Gasteiger partial charge in [0.15, 0.2) is 0 Å². The molecule has 44 heavy (non-hydrogen) atoms. The van der Waals surface area contributed by atoms with E-state index < -0.39 is 0 Å². The number of benzene rings is 7. The van der Waals surface area contributed by atoms with Crippen LogP contribution in [0, 0.1) is 11.3 Å². The Morgan fingerprint density at radius 2 is 1.34 bits per heavy atom. The quantitative estimate of drug-likeness (QED) is 0.188. The van der Waals surface area contributed by atoms with Gasteiger partial charge in [0.05, 0.1) is 11.6 Å². The predicted octanol–water partition coefficient (Wildman–Crippen LogP) is 8.60. The van der Waals surface area contributed by atoms with E-state index in [-0.39, 0.29) is 12.1 Å². The van der Waals surface area contributed by atoms with Crippen molar-refractivity contribution in [3.63, 3.8) is 0 Å². The molecule has 2 heterocycles. The van der Waals surface area contributed by atoms with E-state index in [1.165, 1.54) is 65.5 Å². The summed E-state index contributed by atoms with van der Waals surface area (Å²) in [6, 6.07) is 46.9. The van der Waals surface area contributed by atoms with Crippen molar-refractivity contribution in [1.29, 1.82) is 5.26 Å². The molecule has 0 atom stereocenters. The van der Waals surface area contributed by atoms with Crippen molar-refractivity contribution in [2.24, 2.45) is 0 Å². The van der Waals surface area contributed by atoms with Crippen molar-refractivity contribution in [2.45, 2.75) is 26.2 Å². The van der Waals surface area contributed by atoms with Crippen LogP contribution in [0.25, 0.3) is 43.4 Å². The van der Waals surface area contributed by atoms with Crippen molar-refractivity contribution in [1.82, 2.24) is 0 Å². The normalized spacial score (nSPS) is 13.2. The minimum atomic E-state index is 0.00461. The summed E-state index contributed by atoms with van der Waals surface area (Å²) in [6.45, 7) is 6.94. The van der Waals surface area contributed by atoms with Gasteiger partial charge in [-0.1, -0.05) is 117 Å². The van der Waals surface area contributed by atoms with Crippen LogP contribution in [-0.4, -0.2) is 6.71 Å². The number of anilines is 3. The summed E-state index contributed by atoms with van der Waals surface area (Å²) in [6.07, 6.45) is 0. The van der Waals surface area contributed by atoms with Gasteiger partial charge in [-0.25, -0.2) is 0 Å². The fourth-order valence-corrected chi connectivity index (χ4v) is 7.84. The van der Waals surface area contributed by atoms with E-state index in [1.807, 2.05) is 0 Å². The smallest absolute Gasteiger partial charge is 0.248 e. The number of rotatable bonds is 1. The molecule has 0 unspecified atom stereocenters. The van der Waals surface area contributed by atoms with Crippen LogP contribution in [0.3, 0.4) is 0 Å². The van der Waals surface area contributed by atoms with Crippen molar-refractivity contribution in [3.05, 3.63) is 132 Å². The first kappa shape index (κ1) is 25.2. The minimum Gasteiger partial charge on any atom is -0.311 e. The average molecular weight is 561 g/mol. The van der Waals surface area contributed by atoms with Gasteiger partial charge in [-0.15, -0.1) is 0 Å². The molecule has 3 heteroatoms. The molecule has 0 radical (unpaired) electrons. The highest BCUT2D eigenvalue weighted by molar-refractivity contribution is 7.01. The molecular weight excluding hydrogens is 531 g/mol. The molecule has 0 fully saturated rings. The van der Waals surface area contributed by atoms with Gasteiger partial charge in [0.1, 0.15) is 0 Å². The van der Waals surface area contributed by atoms with Crippen LogP contribution in [0.15, 0.2) is 121 Å². The molecule has 0 saturated heterocycles. The highest BCUT2D eigenvalue weighted by atomic mass is 15.2. The highest BCUT2D eigenvalue weighted by Crippen LogP contribution is 2.44. The van der Waals surface area contributed by atoms with Gasteiger partial charge < -0.3 is 4.90 Å². The van der Waals surface area contributed by atoms with E-state index in [4.69, 9.17) is 0 Å². The van der Waals surface area contributed by atoms with Crippen LogP contribution < -0.4 is 21.3 Å². The van der Waals surface area contributed by atoms with Gasteiger partial charge in [0.2, 0.25) is 6.71 Å². The zero-order valence-corrected chi connectivity index (χ0v) is 25.0. The third-order valence-electron chi connectivity index (χ3n) is 9.74. The van der Waals surface area contributed by atoms with E-state index in [2.05, 4.69) is 153 Å². The summed E-state index contributed by atoms with van der Waals surface area (Å²) in [5.74, 6) is 0. The lowest BCUT2D eigenvalue weighted by Gasteiger charge is -2.41. The fourth-order valence-electron chi connectivity index (χ4n) is 7.84. The summed E-state index contributed by atoms with van der Waals surface area (Å²) in [7, 11) is 0. The summed E-state index contributed by atoms with van der Waals surface area (Å²) in [5.41, 5.74) is 11.7. The SMILES string of the molecule is CC(C)(C)c1ccc2c3c(cccc13)-c1cc(C#N)cc3c1B2c1cc2ccccc2cc1N3c1ccc2ccccc2c1. The number of nitrogens with zero attached hydrogens (tertiary/aromatic N) is 2. The van der Waals surface area contributed by atoms with Crippen molar-refractivity contribution in [2.75, 3.05) is 4.90 Å². The average Bonchev–Trinajstić information content (AvgIpc) is 3.04. The molecule has 2 aliphatic rings. The van der Waals surface area contributed by atoms with E-state index in [0.29, 0.717) is 5.56 Å². The lowest BCUT2D eigenvalue weighted by molar-refractivity contribution is 0.596. The molecule has 9 rings (SSSR count). The fraction of sp³-hybridized carbons (Fsp3) is 0.0976. The van der Waals surface area contributed by atoms with Gasteiger partial charge in [0.25, 0.3) is 0 Å². The summed E-state index contributed by atoms with van der Waals surface area (Å²) in [5, 5.41) is 17.8. The van der Waals surface area contributed by atoms with Crippen molar-refractivity contribution < 1.29 is 0 Å². The van der Waals surface area contributed by atoms with Gasteiger partial charge in [-0.05, 0) is 95.7 Å². The molecule has 0 saturated carbocycles.